The highest BCUT2D eigenvalue weighted by Gasteiger charge is 2.28. The first kappa shape index (κ1) is 16.7. The standard InChI is InChI=1S/C14H20BrFN2O2S/c1-9-5-3-2-4-6-12(9)18-21(19,20)13-8-10(17)7-11(15)14(13)16/h7-9,12,18H,2-6,17H2,1H3. The first-order valence-electron chi connectivity index (χ1n) is 7.08. The number of benzene rings is 1. The van der Waals surface area contributed by atoms with Crippen molar-refractivity contribution in [2.24, 2.45) is 5.92 Å². The van der Waals surface area contributed by atoms with Crippen LogP contribution in [0.3, 0.4) is 0 Å². The van der Waals surface area contributed by atoms with Crippen molar-refractivity contribution in [1.29, 1.82) is 0 Å². The second-order valence-corrected chi connectivity index (χ2v) is 8.19. The van der Waals surface area contributed by atoms with E-state index in [9.17, 15) is 12.8 Å². The molecule has 0 radical (unpaired) electrons. The second-order valence-electron chi connectivity index (χ2n) is 5.66. The Labute approximate surface area is 133 Å². The predicted octanol–water partition coefficient (Wildman–Crippen LogP) is 3.42. The van der Waals surface area contributed by atoms with Crippen molar-refractivity contribution < 1.29 is 12.8 Å². The lowest BCUT2D eigenvalue weighted by atomic mass is 9.98. The van der Waals surface area contributed by atoms with Crippen molar-refractivity contribution in [2.45, 2.75) is 50.0 Å². The van der Waals surface area contributed by atoms with E-state index >= 15 is 0 Å². The maximum Gasteiger partial charge on any atom is 0.243 e. The van der Waals surface area contributed by atoms with Crippen LogP contribution >= 0.6 is 15.9 Å². The SMILES string of the molecule is CC1CCCCCC1NS(=O)(=O)c1cc(N)cc(Br)c1F. The molecular weight excluding hydrogens is 359 g/mol. The largest absolute Gasteiger partial charge is 0.399 e. The average Bonchev–Trinajstić information content (AvgIpc) is 2.59. The smallest absolute Gasteiger partial charge is 0.243 e. The Morgan fingerprint density at radius 1 is 1.29 bits per heavy atom. The minimum absolute atomic E-state index is 0.0526. The molecule has 1 aliphatic rings. The lowest BCUT2D eigenvalue weighted by Crippen LogP contribution is -2.39. The quantitative estimate of drug-likeness (QED) is 0.625. The van der Waals surface area contributed by atoms with Crippen LogP contribution < -0.4 is 10.5 Å². The van der Waals surface area contributed by atoms with Gasteiger partial charge < -0.3 is 5.73 Å². The topological polar surface area (TPSA) is 72.2 Å². The van der Waals surface area contributed by atoms with Gasteiger partial charge >= 0.3 is 0 Å². The molecule has 1 aromatic rings. The number of nitrogens with one attached hydrogen (secondary N) is 1. The lowest BCUT2D eigenvalue weighted by Gasteiger charge is -2.23. The van der Waals surface area contributed by atoms with E-state index < -0.39 is 20.7 Å². The van der Waals surface area contributed by atoms with Gasteiger partial charge in [0.05, 0.1) is 4.47 Å². The Morgan fingerprint density at radius 2 is 1.95 bits per heavy atom. The van der Waals surface area contributed by atoms with E-state index in [0.29, 0.717) is 0 Å². The van der Waals surface area contributed by atoms with E-state index in [1.54, 1.807) is 0 Å². The normalized spacial score (nSPS) is 23.8. The summed E-state index contributed by atoms with van der Waals surface area (Å²) in [6.07, 6.45) is 4.97. The molecule has 0 aliphatic heterocycles. The number of sulfonamides is 1. The molecule has 1 aromatic carbocycles. The molecule has 21 heavy (non-hydrogen) atoms. The number of halogens is 2. The summed E-state index contributed by atoms with van der Waals surface area (Å²) < 4.78 is 41.7. The molecule has 1 fully saturated rings. The van der Waals surface area contributed by atoms with E-state index in [1.165, 1.54) is 6.07 Å². The molecule has 4 nitrogen and oxygen atoms in total. The summed E-state index contributed by atoms with van der Waals surface area (Å²) in [5.41, 5.74) is 5.83. The minimum Gasteiger partial charge on any atom is -0.399 e. The molecule has 2 atom stereocenters. The van der Waals surface area contributed by atoms with Gasteiger partial charge in [-0.2, -0.15) is 0 Å². The maximum atomic E-state index is 14.1. The van der Waals surface area contributed by atoms with Crippen LogP contribution in [0, 0.1) is 11.7 Å². The molecule has 1 saturated carbocycles. The van der Waals surface area contributed by atoms with E-state index in [-0.39, 0.29) is 22.1 Å². The highest BCUT2D eigenvalue weighted by molar-refractivity contribution is 9.10. The van der Waals surface area contributed by atoms with E-state index in [2.05, 4.69) is 20.7 Å². The molecule has 1 aliphatic carbocycles. The third-order valence-corrected chi connectivity index (χ3v) is 6.04. The van der Waals surface area contributed by atoms with Crippen LogP contribution in [-0.2, 0) is 10.0 Å². The van der Waals surface area contributed by atoms with Gasteiger partial charge in [-0.05, 0) is 46.8 Å². The first-order chi connectivity index (χ1) is 9.81. The van der Waals surface area contributed by atoms with Gasteiger partial charge in [-0.1, -0.05) is 26.2 Å². The lowest BCUT2D eigenvalue weighted by molar-refractivity contribution is 0.398. The van der Waals surface area contributed by atoms with Crippen molar-refractivity contribution in [3.05, 3.63) is 22.4 Å². The molecular formula is C14H20BrFN2O2S. The highest BCUT2D eigenvalue weighted by Crippen LogP contribution is 2.28. The first-order valence-corrected chi connectivity index (χ1v) is 9.35. The molecule has 2 rings (SSSR count). The van der Waals surface area contributed by atoms with Crippen molar-refractivity contribution in [3.8, 4) is 0 Å². The van der Waals surface area contributed by atoms with Crippen LogP contribution in [0.15, 0.2) is 21.5 Å². The fourth-order valence-electron chi connectivity index (χ4n) is 2.71. The highest BCUT2D eigenvalue weighted by atomic mass is 79.9. The summed E-state index contributed by atoms with van der Waals surface area (Å²) in [6.45, 7) is 2.03. The van der Waals surface area contributed by atoms with Gasteiger partial charge in [0.15, 0.2) is 5.82 Å². The minimum atomic E-state index is -3.92. The van der Waals surface area contributed by atoms with E-state index in [0.717, 1.165) is 38.2 Å². The Morgan fingerprint density at radius 3 is 2.67 bits per heavy atom. The second kappa shape index (κ2) is 6.62. The van der Waals surface area contributed by atoms with Crippen LogP contribution in [0.5, 0.6) is 0 Å². The molecule has 0 bridgehead atoms. The molecule has 118 valence electrons. The summed E-state index contributed by atoms with van der Waals surface area (Å²) in [7, 11) is -3.92. The number of anilines is 1. The molecule has 2 unspecified atom stereocenters. The van der Waals surface area contributed by atoms with Crippen molar-refractivity contribution in [2.75, 3.05) is 5.73 Å². The van der Waals surface area contributed by atoms with Crippen molar-refractivity contribution >= 4 is 31.6 Å². The Kier molecular flexibility index (Phi) is 5.27. The Balaban J connectivity index is 2.30. The summed E-state index contributed by atoms with van der Waals surface area (Å²) >= 11 is 2.99. The third kappa shape index (κ3) is 3.96. The molecule has 3 N–H and O–H groups in total. The fraction of sp³-hybridized carbons (Fsp3) is 0.571. The van der Waals surface area contributed by atoms with Crippen LogP contribution in [0.1, 0.15) is 39.0 Å². The maximum absolute atomic E-state index is 14.1. The van der Waals surface area contributed by atoms with Gasteiger partial charge in [0.2, 0.25) is 10.0 Å². The zero-order valence-electron chi connectivity index (χ0n) is 11.9. The van der Waals surface area contributed by atoms with Crippen LogP contribution in [0.25, 0.3) is 0 Å². The third-order valence-electron chi connectivity index (χ3n) is 3.97. The van der Waals surface area contributed by atoms with E-state index in [4.69, 9.17) is 5.73 Å². The summed E-state index contributed by atoms with van der Waals surface area (Å²) in [4.78, 5) is -0.397. The van der Waals surface area contributed by atoms with Crippen LogP contribution in [-0.4, -0.2) is 14.5 Å². The van der Waals surface area contributed by atoms with Crippen LogP contribution in [0.4, 0.5) is 10.1 Å². The number of hydrogen-bond donors (Lipinski definition) is 2. The summed E-state index contributed by atoms with van der Waals surface area (Å²) in [5, 5.41) is 0. The Bertz CT molecular complexity index is 622. The molecule has 0 aromatic heterocycles. The zero-order chi connectivity index (χ0) is 15.6. The predicted molar refractivity (Wildman–Crippen MR) is 84.9 cm³/mol. The number of rotatable bonds is 3. The molecule has 0 amide bonds. The van der Waals surface area contributed by atoms with E-state index in [1.807, 2.05) is 6.92 Å². The number of nitrogens with two attached hydrogens (primary N) is 1. The fourth-order valence-corrected chi connectivity index (χ4v) is 4.83. The van der Waals surface area contributed by atoms with Gasteiger partial charge in [0, 0.05) is 11.7 Å². The monoisotopic (exact) mass is 378 g/mol. The van der Waals surface area contributed by atoms with Crippen molar-refractivity contribution in [3.63, 3.8) is 0 Å². The molecule has 0 spiro atoms. The molecule has 0 saturated heterocycles. The molecule has 7 heteroatoms. The van der Waals surface area contributed by atoms with Gasteiger partial charge in [0.1, 0.15) is 4.90 Å². The average molecular weight is 379 g/mol. The van der Waals surface area contributed by atoms with Crippen molar-refractivity contribution in [1.82, 2.24) is 4.72 Å². The van der Waals surface area contributed by atoms with Gasteiger partial charge in [-0.3, -0.25) is 0 Å². The zero-order valence-corrected chi connectivity index (χ0v) is 14.3. The number of nitrogen functional groups attached to an aromatic ring is 1. The van der Waals surface area contributed by atoms with Gasteiger partial charge in [-0.25, -0.2) is 17.5 Å². The van der Waals surface area contributed by atoms with Gasteiger partial charge in [0.25, 0.3) is 0 Å². The van der Waals surface area contributed by atoms with Crippen LogP contribution in [0.2, 0.25) is 0 Å². The Hall–Kier alpha value is -0.660. The molecule has 0 heterocycles. The summed E-state index contributed by atoms with van der Waals surface area (Å²) in [5.74, 6) is -0.562. The number of hydrogen-bond acceptors (Lipinski definition) is 3. The summed E-state index contributed by atoms with van der Waals surface area (Å²) in [6, 6.07) is 2.35. The van der Waals surface area contributed by atoms with Gasteiger partial charge in [-0.15, -0.1) is 0 Å².